The fraction of sp³-hybridized carbons (Fsp3) is 0.625. The number of aromatic nitrogens is 2. The van der Waals surface area contributed by atoms with Gasteiger partial charge in [-0.25, -0.2) is 14.8 Å². The van der Waals surface area contributed by atoms with E-state index in [2.05, 4.69) is 20.6 Å². The van der Waals surface area contributed by atoms with Crippen molar-refractivity contribution in [3.05, 3.63) is 23.2 Å². The van der Waals surface area contributed by atoms with Gasteiger partial charge in [-0.05, 0) is 46.5 Å². The van der Waals surface area contributed by atoms with E-state index in [1.165, 1.54) is 12.4 Å². The summed E-state index contributed by atoms with van der Waals surface area (Å²) >= 11 is 5.66. The summed E-state index contributed by atoms with van der Waals surface area (Å²) in [6, 6.07) is 0.134. The summed E-state index contributed by atoms with van der Waals surface area (Å²) in [5, 5.41) is 6.06. The van der Waals surface area contributed by atoms with E-state index >= 15 is 0 Å². The number of alkyl carbamates (subject to hydrolysis) is 1. The minimum Gasteiger partial charge on any atom is -0.444 e. The van der Waals surface area contributed by atoms with E-state index in [4.69, 9.17) is 16.3 Å². The molecule has 0 spiro atoms. The van der Waals surface area contributed by atoms with Crippen LogP contribution >= 0.6 is 11.6 Å². The van der Waals surface area contributed by atoms with Crippen molar-refractivity contribution in [2.45, 2.75) is 64.1 Å². The Morgan fingerprint density at radius 1 is 1.08 bits per heavy atom. The molecule has 0 aliphatic heterocycles. The third kappa shape index (κ3) is 5.96. The highest BCUT2D eigenvalue weighted by molar-refractivity contribution is 6.29. The molecule has 0 aromatic carbocycles. The third-order valence-electron chi connectivity index (χ3n) is 3.64. The molecule has 1 aromatic heterocycles. The van der Waals surface area contributed by atoms with Crippen LogP contribution in [0.15, 0.2) is 12.4 Å². The summed E-state index contributed by atoms with van der Waals surface area (Å²) in [4.78, 5) is 31.7. The van der Waals surface area contributed by atoms with E-state index in [-0.39, 0.29) is 28.8 Å². The number of amides is 2. The molecule has 1 aliphatic rings. The summed E-state index contributed by atoms with van der Waals surface area (Å²) in [6.45, 7) is 5.50. The lowest BCUT2D eigenvalue weighted by atomic mass is 9.91. The van der Waals surface area contributed by atoms with E-state index in [1.54, 1.807) is 0 Å². The van der Waals surface area contributed by atoms with Crippen LogP contribution in [0, 0.1) is 0 Å². The Morgan fingerprint density at radius 3 is 2.17 bits per heavy atom. The second kappa shape index (κ2) is 7.79. The number of rotatable bonds is 3. The van der Waals surface area contributed by atoms with Gasteiger partial charge in [0.1, 0.15) is 16.4 Å². The Bertz CT molecular complexity index is 578. The first-order valence-electron chi connectivity index (χ1n) is 8.01. The molecule has 1 saturated carbocycles. The topological polar surface area (TPSA) is 93.2 Å². The molecule has 0 radical (unpaired) electrons. The highest BCUT2D eigenvalue weighted by Gasteiger charge is 2.26. The molecular weight excluding hydrogens is 332 g/mol. The molecule has 8 heteroatoms. The largest absolute Gasteiger partial charge is 0.444 e. The van der Waals surface area contributed by atoms with E-state index in [1.807, 2.05) is 20.8 Å². The van der Waals surface area contributed by atoms with Crippen LogP contribution in [0.2, 0.25) is 5.15 Å². The average molecular weight is 355 g/mol. The van der Waals surface area contributed by atoms with Gasteiger partial charge in [-0.2, -0.15) is 0 Å². The van der Waals surface area contributed by atoms with Gasteiger partial charge in [0, 0.05) is 12.1 Å². The summed E-state index contributed by atoms with van der Waals surface area (Å²) in [7, 11) is 0. The molecule has 7 nitrogen and oxygen atoms in total. The number of ether oxygens (including phenoxy) is 1. The van der Waals surface area contributed by atoms with E-state index < -0.39 is 11.7 Å². The van der Waals surface area contributed by atoms with E-state index in [9.17, 15) is 9.59 Å². The van der Waals surface area contributed by atoms with Gasteiger partial charge in [-0.1, -0.05) is 11.6 Å². The summed E-state index contributed by atoms with van der Waals surface area (Å²) in [6.07, 6.45) is 5.45. The van der Waals surface area contributed by atoms with Gasteiger partial charge < -0.3 is 15.4 Å². The zero-order chi connectivity index (χ0) is 17.7. The third-order valence-corrected chi connectivity index (χ3v) is 3.83. The Balaban J connectivity index is 1.75. The first-order chi connectivity index (χ1) is 11.2. The van der Waals surface area contributed by atoms with Crippen molar-refractivity contribution in [3.8, 4) is 0 Å². The van der Waals surface area contributed by atoms with Crippen LogP contribution in [-0.2, 0) is 4.74 Å². The van der Waals surface area contributed by atoms with Crippen LogP contribution in [0.4, 0.5) is 4.79 Å². The normalized spacial score (nSPS) is 21.0. The number of nitrogens with zero attached hydrogens (tertiary/aromatic N) is 2. The SMILES string of the molecule is CC(C)(C)OC(=O)NC1CCC(NC(=O)c2cnc(Cl)cn2)CC1. The molecule has 2 rings (SSSR count). The smallest absolute Gasteiger partial charge is 0.407 e. The lowest BCUT2D eigenvalue weighted by Crippen LogP contribution is -2.45. The van der Waals surface area contributed by atoms with Crippen molar-refractivity contribution < 1.29 is 14.3 Å². The van der Waals surface area contributed by atoms with Gasteiger partial charge in [0.05, 0.1) is 12.4 Å². The van der Waals surface area contributed by atoms with Crippen LogP contribution in [0.5, 0.6) is 0 Å². The fourth-order valence-corrected chi connectivity index (χ4v) is 2.64. The van der Waals surface area contributed by atoms with Crippen LogP contribution < -0.4 is 10.6 Å². The molecule has 24 heavy (non-hydrogen) atoms. The Kier molecular flexibility index (Phi) is 5.99. The molecule has 1 heterocycles. The van der Waals surface area contributed by atoms with Gasteiger partial charge >= 0.3 is 6.09 Å². The van der Waals surface area contributed by atoms with E-state index in [0.29, 0.717) is 0 Å². The first-order valence-corrected chi connectivity index (χ1v) is 8.38. The molecule has 0 saturated heterocycles. The zero-order valence-corrected chi connectivity index (χ0v) is 14.9. The fourth-order valence-electron chi connectivity index (χ4n) is 2.55. The Labute approximate surface area is 146 Å². The molecule has 1 aromatic rings. The quantitative estimate of drug-likeness (QED) is 0.870. The number of hydrogen-bond acceptors (Lipinski definition) is 5. The number of halogens is 1. The lowest BCUT2D eigenvalue weighted by molar-refractivity contribution is 0.0488. The highest BCUT2D eigenvalue weighted by Crippen LogP contribution is 2.19. The van der Waals surface area contributed by atoms with Gasteiger partial charge in [-0.3, -0.25) is 4.79 Å². The Morgan fingerprint density at radius 2 is 1.67 bits per heavy atom. The van der Waals surface area contributed by atoms with Gasteiger partial charge in [0.2, 0.25) is 0 Å². The highest BCUT2D eigenvalue weighted by atomic mass is 35.5. The van der Waals surface area contributed by atoms with Crippen molar-refractivity contribution in [1.29, 1.82) is 0 Å². The molecule has 1 aliphatic carbocycles. The second-order valence-corrected chi connectivity index (χ2v) is 7.28. The van der Waals surface area contributed by atoms with Gasteiger partial charge in [0.15, 0.2) is 0 Å². The van der Waals surface area contributed by atoms with Crippen LogP contribution in [-0.4, -0.2) is 39.7 Å². The maximum absolute atomic E-state index is 12.1. The monoisotopic (exact) mass is 354 g/mol. The lowest BCUT2D eigenvalue weighted by Gasteiger charge is -2.30. The van der Waals surface area contributed by atoms with Crippen LogP contribution in [0.25, 0.3) is 0 Å². The number of carbonyl (C=O) groups is 2. The average Bonchev–Trinajstić information content (AvgIpc) is 2.48. The molecule has 0 atom stereocenters. The predicted octanol–water partition coefficient (Wildman–Crippen LogP) is 2.70. The minimum absolute atomic E-state index is 0.0617. The molecule has 2 amide bonds. The van der Waals surface area contributed by atoms with Crippen LogP contribution in [0.1, 0.15) is 56.9 Å². The van der Waals surface area contributed by atoms with Crippen LogP contribution in [0.3, 0.4) is 0 Å². The Hall–Kier alpha value is -1.89. The predicted molar refractivity (Wildman–Crippen MR) is 89.9 cm³/mol. The zero-order valence-electron chi connectivity index (χ0n) is 14.1. The van der Waals surface area contributed by atoms with Crippen molar-refractivity contribution in [2.75, 3.05) is 0 Å². The summed E-state index contributed by atoms with van der Waals surface area (Å²) in [5.74, 6) is -0.261. The van der Waals surface area contributed by atoms with Crippen molar-refractivity contribution in [1.82, 2.24) is 20.6 Å². The molecule has 0 unspecified atom stereocenters. The second-order valence-electron chi connectivity index (χ2n) is 6.89. The van der Waals surface area contributed by atoms with Crippen molar-refractivity contribution in [2.24, 2.45) is 0 Å². The standard InChI is InChI=1S/C16H23ClN4O3/c1-16(2,3)24-15(23)21-11-6-4-10(5-7-11)20-14(22)12-8-19-13(17)9-18-12/h8-11H,4-7H2,1-3H3,(H,20,22)(H,21,23). The number of carbonyl (C=O) groups excluding carboxylic acids is 2. The van der Waals surface area contributed by atoms with Crippen molar-refractivity contribution in [3.63, 3.8) is 0 Å². The summed E-state index contributed by atoms with van der Waals surface area (Å²) < 4.78 is 5.25. The molecule has 0 bridgehead atoms. The number of hydrogen-bond donors (Lipinski definition) is 2. The summed E-state index contributed by atoms with van der Waals surface area (Å²) in [5.41, 5.74) is -0.261. The molecule has 2 N–H and O–H groups in total. The molecular formula is C16H23ClN4O3. The van der Waals surface area contributed by atoms with Gasteiger partial charge in [0.25, 0.3) is 5.91 Å². The molecule has 1 fully saturated rings. The number of nitrogens with one attached hydrogen (secondary N) is 2. The van der Waals surface area contributed by atoms with E-state index in [0.717, 1.165) is 25.7 Å². The maximum atomic E-state index is 12.1. The first kappa shape index (κ1) is 18.4. The van der Waals surface area contributed by atoms with Gasteiger partial charge in [-0.15, -0.1) is 0 Å². The minimum atomic E-state index is -0.505. The molecule has 132 valence electrons. The van der Waals surface area contributed by atoms with Crippen molar-refractivity contribution >= 4 is 23.6 Å². The maximum Gasteiger partial charge on any atom is 0.407 e.